The van der Waals surface area contributed by atoms with Crippen LogP contribution in [0.4, 0.5) is 0 Å². The summed E-state index contributed by atoms with van der Waals surface area (Å²) in [6, 6.07) is 6.50. The zero-order valence-corrected chi connectivity index (χ0v) is 18.0. The summed E-state index contributed by atoms with van der Waals surface area (Å²) in [5.74, 6) is 0.795. The molecule has 1 aromatic carbocycles. The predicted molar refractivity (Wildman–Crippen MR) is 109 cm³/mol. The van der Waals surface area contributed by atoms with Crippen LogP contribution in [-0.2, 0) is 14.8 Å². The van der Waals surface area contributed by atoms with Crippen LogP contribution < -0.4 is 5.32 Å². The van der Waals surface area contributed by atoms with Gasteiger partial charge in [0.1, 0.15) is 0 Å². The van der Waals surface area contributed by atoms with Gasteiger partial charge in [-0.25, -0.2) is 8.42 Å². The van der Waals surface area contributed by atoms with Crippen LogP contribution in [0.25, 0.3) is 0 Å². The van der Waals surface area contributed by atoms with Crippen LogP contribution in [0.15, 0.2) is 29.2 Å². The Morgan fingerprint density at radius 3 is 2.46 bits per heavy atom. The van der Waals surface area contributed by atoms with Gasteiger partial charge in [-0.15, -0.1) is 0 Å². The fourth-order valence-electron chi connectivity index (χ4n) is 4.31. The highest BCUT2D eigenvalue weighted by Crippen LogP contribution is 2.30. The molecule has 7 heteroatoms. The van der Waals surface area contributed by atoms with E-state index in [1.54, 1.807) is 18.2 Å². The van der Waals surface area contributed by atoms with Gasteiger partial charge in [0.05, 0.1) is 17.1 Å². The minimum atomic E-state index is -3.66. The second-order valence-corrected chi connectivity index (χ2v) is 10.4. The van der Waals surface area contributed by atoms with E-state index >= 15 is 0 Å². The molecule has 1 heterocycles. The molecule has 2 fully saturated rings. The van der Waals surface area contributed by atoms with E-state index in [1.165, 1.54) is 16.8 Å². The Balaban J connectivity index is 1.77. The standard InChI is InChI=1S/C21H32N2O4S/c1-14-7-5-10-20(17(14)4)22-21(24)18-8-6-9-19(11-18)28(25,26)23-12-15(2)27-16(3)13-23/h6,8-9,11,14-17,20H,5,7,10,12-13H2,1-4H3,(H,22,24)/t14-,15-,16+,17+,20+/m0/s1. The smallest absolute Gasteiger partial charge is 0.251 e. The molecule has 1 aliphatic heterocycles. The van der Waals surface area contributed by atoms with Crippen molar-refractivity contribution in [3.05, 3.63) is 29.8 Å². The molecular formula is C21H32N2O4S. The van der Waals surface area contributed by atoms with Gasteiger partial charge in [0, 0.05) is 24.7 Å². The van der Waals surface area contributed by atoms with Crippen molar-refractivity contribution in [1.29, 1.82) is 0 Å². The van der Waals surface area contributed by atoms with Crippen LogP contribution in [0, 0.1) is 11.8 Å². The van der Waals surface area contributed by atoms with E-state index in [4.69, 9.17) is 4.74 Å². The Labute approximate surface area is 168 Å². The fourth-order valence-corrected chi connectivity index (χ4v) is 5.95. The van der Waals surface area contributed by atoms with E-state index in [1.807, 2.05) is 13.8 Å². The molecule has 0 bridgehead atoms. The van der Waals surface area contributed by atoms with Crippen molar-refractivity contribution in [3.8, 4) is 0 Å². The molecule has 1 N–H and O–H groups in total. The fraction of sp³-hybridized carbons (Fsp3) is 0.667. The molecule has 28 heavy (non-hydrogen) atoms. The molecule has 1 aliphatic carbocycles. The third kappa shape index (κ3) is 4.58. The molecule has 1 saturated heterocycles. The average Bonchev–Trinajstić information content (AvgIpc) is 2.64. The number of sulfonamides is 1. The lowest BCUT2D eigenvalue weighted by Gasteiger charge is -2.35. The number of carbonyl (C=O) groups excluding carboxylic acids is 1. The molecule has 3 rings (SSSR count). The molecule has 1 saturated carbocycles. The first-order valence-corrected chi connectivity index (χ1v) is 11.7. The highest BCUT2D eigenvalue weighted by molar-refractivity contribution is 7.89. The maximum absolute atomic E-state index is 13.1. The summed E-state index contributed by atoms with van der Waals surface area (Å²) in [4.78, 5) is 12.9. The second-order valence-electron chi connectivity index (χ2n) is 8.45. The summed E-state index contributed by atoms with van der Waals surface area (Å²) in [5.41, 5.74) is 0.390. The molecular weight excluding hydrogens is 376 g/mol. The Morgan fingerprint density at radius 2 is 1.79 bits per heavy atom. The summed E-state index contributed by atoms with van der Waals surface area (Å²) in [7, 11) is -3.66. The number of carbonyl (C=O) groups is 1. The molecule has 0 unspecified atom stereocenters. The molecule has 2 aliphatic rings. The van der Waals surface area contributed by atoms with Crippen molar-refractivity contribution >= 4 is 15.9 Å². The number of nitrogens with one attached hydrogen (secondary N) is 1. The van der Waals surface area contributed by atoms with Crippen molar-refractivity contribution in [2.24, 2.45) is 11.8 Å². The van der Waals surface area contributed by atoms with E-state index in [0.29, 0.717) is 30.5 Å². The lowest BCUT2D eigenvalue weighted by Crippen LogP contribution is -2.48. The van der Waals surface area contributed by atoms with Crippen molar-refractivity contribution in [1.82, 2.24) is 9.62 Å². The number of ether oxygens (including phenoxy) is 1. The summed E-state index contributed by atoms with van der Waals surface area (Å²) < 4.78 is 33.2. The number of nitrogens with zero attached hydrogens (tertiary/aromatic N) is 1. The first-order chi connectivity index (χ1) is 13.2. The van der Waals surface area contributed by atoms with Gasteiger partial charge in [-0.2, -0.15) is 4.31 Å². The monoisotopic (exact) mass is 408 g/mol. The maximum Gasteiger partial charge on any atom is 0.251 e. The van der Waals surface area contributed by atoms with Crippen molar-refractivity contribution in [2.75, 3.05) is 13.1 Å². The topological polar surface area (TPSA) is 75.7 Å². The SMILES string of the molecule is C[C@@H]1[C@@H](C)CCC[C@H]1NC(=O)c1cccc(S(=O)(=O)N2C[C@@H](C)O[C@@H](C)C2)c1. The number of hydrogen-bond donors (Lipinski definition) is 1. The van der Waals surface area contributed by atoms with Gasteiger partial charge in [-0.1, -0.05) is 32.8 Å². The third-order valence-electron chi connectivity index (χ3n) is 6.14. The predicted octanol–water partition coefficient (Wildman–Crippen LogP) is 3.04. The van der Waals surface area contributed by atoms with Crippen LogP contribution >= 0.6 is 0 Å². The maximum atomic E-state index is 13.1. The number of morpholine rings is 1. The van der Waals surface area contributed by atoms with Gasteiger partial charge in [-0.3, -0.25) is 4.79 Å². The Kier molecular flexibility index (Phi) is 6.47. The molecule has 0 radical (unpaired) electrons. The Morgan fingerprint density at radius 1 is 1.11 bits per heavy atom. The van der Waals surface area contributed by atoms with E-state index in [0.717, 1.165) is 12.8 Å². The lowest BCUT2D eigenvalue weighted by atomic mass is 9.78. The van der Waals surface area contributed by atoms with Crippen molar-refractivity contribution < 1.29 is 17.9 Å². The largest absolute Gasteiger partial charge is 0.373 e. The minimum Gasteiger partial charge on any atom is -0.373 e. The van der Waals surface area contributed by atoms with E-state index < -0.39 is 10.0 Å². The normalized spacial score (nSPS) is 32.1. The molecule has 0 aromatic heterocycles. The lowest BCUT2D eigenvalue weighted by molar-refractivity contribution is -0.0440. The summed E-state index contributed by atoms with van der Waals surface area (Å²) in [6.07, 6.45) is 2.97. The highest BCUT2D eigenvalue weighted by Gasteiger charge is 2.33. The van der Waals surface area contributed by atoms with Gasteiger partial charge < -0.3 is 10.1 Å². The number of amides is 1. The van der Waals surface area contributed by atoms with Crippen LogP contribution in [0.5, 0.6) is 0 Å². The van der Waals surface area contributed by atoms with Crippen LogP contribution in [-0.4, -0.2) is 50.0 Å². The van der Waals surface area contributed by atoms with E-state index in [9.17, 15) is 13.2 Å². The first-order valence-electron chi connectivity index (χ1n) is 10.2. The van der Waals surface area contributed by atoms with Gasteiger partial charge in [-0.05, 0) is 50.3 Å². The molecule has 5 atom stereocenters. The highest BCUT2D eigenvalue weighted by atomic mass is 32.2. The Hall–Kier alpha value is -1.44. The summed E-state index contributed by atoms with van der Waals surface area (Å²) >= 11 is 0. The van der Waals surface area contributed by atoms with Gasteiger partial charge >= 0.3 is 0 Å². The van der Waals surface area contributed by atoms with Crippen molar-refractivity contribution in [2.45, 2.75) is 70.1 Å². The third-order valence-corrected chi connectivity index (χ3v) is 7.97. The molecule has 1 amide bonds. The molecule has 1 aromatic rings. The zero-order valence-electron chi connectivity index (χ0n) is 17.2. The van der Waals surface area contributed by atoms with Crippen LogP contribution in [0.1, 0.15) is 57.3 Å². The number of hydrogen-bond acceptors (Lipinski definition) is 4. The van der Waals surface area contributed by atoms with Crippen LogP contribution in [0.2, 0.25) is 0 Å². The van der Waals surface area contributed by atoms with E-state index in [2.05, 4.69) is 19.2 Å². The number of benzene rings is 1. The van der Waals surface area contributed by atoms with Crippen molar-refractivity contribution in [3.63, 3.8) is 0 Å². The molecule has 156 valence electrons. The quantitative estimate of drug-likeness (QED) is 0.831. The number of rotatable bonds is 4. The van der Waals surface area contributed by atoms with E-state index in [-0.39, 0.29) is 29.1 Å². The second kappa shape index (κ2) is 8.51. The van der Waals surface area contributed by atoms with Gasteiger partial charge in [0.15, 0.2) is 0 Å². The molecule has 0 spiro atoms. The van der Waals surface area contributed by atoms with Gasteiger partial charge in [0.2, 0.25) is 10.0 Å². The minimum absolute atomic E-state index is 0.137. The van der Waals surface area contributed by atoms with Crippen LogP contribution in [0.3, 0.4) is 0 Å². The zero-order chi connectivity index (χ0) is 20.5. The first kappa shape index (κ1) is 21.3. The molecule has 6 nitrogen and oxygen atoms in total. The van der Waals surface area contributed by atoms with Gasteiger partial charge in [0.25, 0.3) is 5.91 Å². The summed E-state index contributed by atoms with van der Waals surface area (Å²) in [5, 5.41) is 3.12. The summed E-state index contributed by atoms with van der Waals surface area (Å²) in [6.45, 7) is 8.78. The average molecular weight is 409 g/mol. The Bertz CT molecular complexity index is 800.